The van der Waals surface area contributed by atoms with Crippen LogP contribution < -0.4 is 5.32 Å². The number of nitrogens with one attached hydrogen (secondary N) is 1. The minimum Gasteiger partial charge on any atom is -0.352 e. The van der Waals surface area contributed by atoms with Gasteiger partial charge in [-0.2, -0.15) is 0 Å². The van der Waals surface area contributed by atoms with Gasteiger partial charge >= 0.3 is 0 Å². The molecular formula is C25H22ClFN2OS. The largest absolute Gasteiger partial charge is 0.352 e. The average molecular weight is 453 g/mol. The highest BCUT2D eigenvalue weighted by Gasteiger charge is 2.21. The Morgan fingerprint density at radius 3 is 2.74 bits per heavy atom. The third kappa shape index (κ3) is 5.66. The number of benzene rings is 2. The van der Waals surface area contributed by atoms with E-state index >= 15 is 0 Å². The van der Waals surface area contributed by atoms with E-state index in [1.807, 2.05) is 6.07 Å². The van der Waals surface area contributed by atoms with Crippen LogP contribution in [-0.4, -0.2) is 18.2 Å². The summed E-state index contributed by atoms with van der Waals surface area (Å²) in [6.07, 6.45) is 11.0. The van der Waals surface area contributed by atoms with Gasteiger partial charge in [-0.25, -0.2) is 9.38 Å². The molecule has 1 amide bonds. The Hall–Kier alpha value is -2.81. The maximum absolute atomic E-state index is 14.1. The van der Waals surface area contributed by atoms with E-state index in [-0.39, 0.29) is 11.7 Å². The molecule has 6 heteroatoms. The van der Waals surface area contributed by atoms with Crippen LogP contribution in [0, 0.1) is 18.2 Å². The Morgan fingerprint density at radius 2 is 2.03 bits per heavy atom. The van der Waals surface area contributed by atoms with Crippen LogP contribution in [0.2, 0.25) is 0 Å². The molecule has 2 aromatic rings. The highest BCUT2D eigenvalue weighted by atomic mass is 35.5. The fourth-order valence-electron chi connectivity index (χ4n) is 2.99. The van der Waals surface area contributed by atoms with Gasteiger partial charge in [0.15, 0.2) is 0 Å². The van der Waals surface area contributed by atoms with Crippen molar-refractivity contribution in [3.8, 4) is 12.3 Å². The van der Waals surface area contributed by atoms with Crippen molar-refractivity contribution in [3.05, 3.63) is 76.1 Å². The van der Waals surface area contributed by atoms with Crippen molar-refractivity contribution < 1.29 is 9.18 Å². The van der Waals surface area contributed by atoms with Gasteiger partial charge in [-0.1, -0.05) is 42.6 Å². The highest BCUT2D eigenvalue weighted by Crippen LogP contribution is 2.41. The van der Waals surface area contributed by atoms with Gasteiger partial charge in [0.2, 0.25) is 0 Å². The highest BCUT2D eigenvalue weighted by molar-refractivity contribution is 7.99. The summed E-state index contributed by atoms with van der Waals surface area (Å²) in [7, 11) is 0. The van der Waals surface area contributed by atoms with E-state index in [0.717, 1.165) is 22.6 Å². The number of halogens is 2. The molecule has 1 aliphatic heterocycles. The quantitative estimate of drug-likeness (QED) is 0.303. The molecule has 0 aromatic heterocycles. The minimum atomic E-state index is -0.380. The number of aliphatic imine (C=N–C) groups is 1. The Morgan fingerprint density at radius 1 is 1.26 bits per heavy atom. The van der Waals surface area contributed by atoms with Gasteiger partial charge in [0, 0.05) is 32.5 Å². The summed E-state index contributed by atoms with van der Waals surface area (Å²) in [5, 5.41) is 3.47. The third-order valence-electron chi connectivity index (χ3n) is 4.58. The van der Waals surface area contributed by atoms with Crippen molar-refractivity contribution in [1.29, 1.82) is 0 Å². The normalized spacial score (nSPS) is 13.5. The summed E-state index contributed by atoms with van der Waals surface area (Å²) >= 11 is 7.42. The molecule has 1 heterocycles. The van der Waals surface area contributed by atoms with Gasteiger partial charge < -0.3 is 5.32 Å². The van der Waals surface area contributed by atoms with Crippen molar-refractivity contribution in [2.45, 2.75) is 36.5 Å². The zero-order valence-electron chi connectivity index (χ0n) is 17.3. The van der Waals surface area contributed by atoms with Gasteiger partial charge in [-0.3, -0.25) is 4.79 Å². The third-order valence-corrected chi connectivity index (χ3v) is 5.84. The first-order valence-electron chi connectivity index (χ1n) is 9.92. The number of rotatable bonds is 6. The van der Waals surface area contributed by atoms with Crippen LogP contribution in [-0.2, 0) is 0 Å². The smallest absolute Gasteiger partial charge is 0.251 e. The van der Waals surface area contributed by atoms with Gasteiger partial charge in [0.05, 0.1) is 17.0 Å². The zero-order chi connectivity index (χ0) is 22.4. The first-order chi connectivity index (χ1) is 14.9. The first-order valence-corrected chi connectivity index (χ1v) is 11.1. The predicted molar refractivity (Wildman–Crippen MR) is 127 cm³/mol. The van der Waals surface area contributed by atoms with Crippen molar-refractivity contribution in [3.63, 3.8) is 0 Å². The molecule has 0 spiro atoms. The molecule has 0 bridgehead atoms. The molecule has 1 aliphatic rings. The summed E-state index contributed by atoms with van der Waals surface area (Å²) < 4.78 is 14.1. The van der Waals surface area contributed by atoms with Gasteiger partial charge in [0.25, 0.3) is 5.91 Å². The molecule has 0 atom stereocenters. The fraction of sp³-hybridized carbons (Fsp3) is 0.200. The first kappa shape index (κ1) is 22.9. The average Bonchev–Trinajstić information content (AvgIpc) is 2.90. The van der Waals surface area contributed by atoms with Gasteiger partial charge in [-0.05, 0) is 61.9 Å². The molecule has 0 radical (unpaired) electrons. The number of amides is 1. The molecule has 0 aliphatic carbocycles. The molecular weight excluding hydrogens is 431 g/mol. The maximum Gasteiger partial charge on any atom is 0.251 e. The Balaban J connectivity index is 2.13. The molecule has 158 valence electrons. The standard InChI is InChI=1S/C25H22ClFN2OS/c1-4-6-13-28-25(30)18-9-11-23-21(14-18)29-24(17(5-2)8-7-16(3)26)20-15-19(27)10-12-22(20)31-23/h2,7-12,14-15H,4,6,13H2,1,3H3,(H,28,30)/b16-7+,17-8+. The number of allylic oxidation sites excluding steroid dienone is 4. The van der Waals surface area contributed by atoms with Crippen LogP contribution in [0.3, 0.4) is 0 Å². The number of carbonyl (C=O) groups excluding carboxylic acids is 1. The van der Waals surface area contributed by atoms with E-state index in [0.29, 0.717) is 39.7 Å². The van der Waals surface area contributed by atoms with Crippen molar-refractivity contribution in [2.75, 3.05) is 6.54 Å². The van der Waals surface area contributed by atoms with Crippen molar-refractivity contribution in [1.82, 2.24) is 5.32 Å². The molecule has 2 aromatic carbocycles. The lowest BCUT2D eigenvalue weighted by Crippen LogP contribution is -2.24. The van der Waals surface area contributed by atoms with Crippen LogP contribution in [0.4, 0.5) is 10.1 Å². The zero-order valence-corrected chi connectivity index (χ0v) is 18.9. The second kappa shape index (κ2) is 10.5. The van der Waals surface area contributed by atoms with E-state index in [1.165, 1.54) is 23.9 Å². The number of nitrogens with zero attached hydrogens (tertiary/aromatic N) is 1. The molecule has 0 fully saturated rings. The summed E-state index contributed by atoms with van der Waals surface area (Å²) in [5.74, 6) is 2.10. The number of unbranched alkanes of at least 4 members (excludes halogenated alkanes) is 1. The monoisotopic (exact) mass is 452 g/mol. The van der Waals surface area contributed by atoms with Crippen LogP contribution in [0.1, 0.15) is 42.6 Å². The lowest BCUT2D eigenvalue weighted by atomic mass is 10.0. The van der Waals surface area contributed by atoms with E-state index in [4.69, 9.17) is 23.0 Å². The van der Waals surface area contributed by atoms with Crippen LogP contribution in [0.15, 0.2) is 73.9 Å². The number of hydrogen-bond acceptors (Lipinski definition) is 3. The number of terminal acetylenes is 1. The number of hydrogen-bond donors (Lipinski definition) is 1. The summed E-state index contributed by atoms with van der Waals surface area (Å²) in [6, 6.07) is 9.91. The predicted octanol–water partition coefficient (Wildman–Crippen LogP) is 6.64. The number of fused-ring (bicyclic) bond motifs is 2. The molecule has 3 nitrogen and oxygen atoms in total. The molecule has 0 saturated carbocycles. The molecule has 1 N–H and O–H groups in total. The number of carbonyl (C=O) groups is 1. The molecule has 0 saturated heterocycles. The molecule has 3 rings (SSSR count). The van der Waals surface area contributed by atoms with Crippen molar-refractivity contribution >= 4 is 40.7 Å². The van der Waals surface area contributed by atoms with Gasteiger partial charge in [-0.15, -0.1) is 6.42 Å². The topological polar surface area (TPSA) is 41.5 Å². The minimum absolute atomic E-state index is 0.154. The SMILES string of the molecule is C#C/C(=C\C=C(/C)Cl)C1=Nc2cc(C(=O)NCCCC)ccc2Sc2ccc(F)cc21. The lowest BCUT2D eigenvalue weighted by molar-refractivity contribution is 0.0953. The Bertz CT molecular complexity index is 1140. The summed E-state index contributed by atoms with van der Waals surface area (Å²) in [4.78, 5) is 19.0. The van der Waals surface area contributed by atoms with E-state index in [1.54, 1.807) is 37.3 Å². The van der Waals surface area contributed by atoms with Crippen LogP contribution >= 0.6 is 23.4 Å². The molecule has 0 unspecified atom stereocenters. The van der Waals surface area contributed by atoms with E-state index < -0.39 is 0 Å². The second-order valence-electron chi connectivity index (χ2n) is 6.97. The lowest BCUT2D eigenvalue weighted by Gasteiger charge is -2.08. The van der Waals surface area contributed by atoms with Crippen molar-refractivity contribution in [2.24, 2.45) is 4.99 Å². The van der Waals surface area contributed by atoms with E-state index in [2.05, 4.69) is 18.2 Å². The summed E-state index contributed by atoms with van der Waals surface area (Å²) in [6.45, 7) is 4.43. The van der Waals surface area contributed by atoms with Crippen LogP contribution in [0.25, 0.3) is 0 Å². The summed E-state index contributed by atoms with van der Waals surface area (Å²) in [5.41, 5.74) is 2.64. The maximum atomic E-state index is 14.1. The Kier molecular flexibility index (Phi) is 7.73. The Labute approximate surface area is 191 Å². The van der Waals surface area contributed by atoms with Crippen LogP contribution in [0.5, 0.6) is 0 Å². The van der Waals surface area contributed by atoms with E-state index in [9.17, 15) is 9.18 Å². The van der Waals surface area contributed by atoms with Gasteiger partial charge in [0.1, 0.15) is 5.82 Å². The second-order valence-corrected chi connectivity index (χ2v) is 8.65. The molecule has 31 heavy (non-hydrogen) atoms. The fourth-order valence-corrected chi connectivity index (χ4v) is 4.03.